The van der Waals surface area contributed by atoms with Crippen molar-refractivity contribution in [3.8, 4) is 0 Å². The Labute approximate surface area is 173 Å². The lowest BCUT2D eigenvalue weighted by molar-refractivity contribution is -0.135. The number of likely N-dealkylation sites (tertiary alicyclic amines) is 1. The lowest BCUT2D eigenvalue weighted by Crippen LogP contribution is -2.43. The van der Waals surface area contributed by atoms with Gasteiger partial charge in [-0.25, -0.2) is 4.98 Å². The molecule has 0 aromatic carbocycles. The van der Waals surface area contributed by atoms with Crippen LogP contribution in [0.5, 0.6) is 0 Å². The van der Waals surface area contributed by atoms with Gasteiger partial charge in [0, 0.05) is 37.9 Å². The number of rotatable bonds is 3. The van der Waals surface area contributed by atoms with Gasteiger partial charge in [0.15, 0.2) is 0 Å². The van der Waals surface area contributed by atoms with E-state index in [1.54, 1.807) is 11.0 Å². The molecule has 1 saturated heterocycles. The Morgan fingerprint density at radius 2 is 2.10 bits per heavy atom. The summed E-state index contributed by atoms with van der Waals surface area (Å²) in [4.78, 5) is 49.8. The number of thiophene rings is 1. The van der Waals surface area contributed by atoms with Gasteiger partial charge >= 0.3 is 0 Å². The number of hydrogen-bond acceptors (Lipinski definition) is 5. The van der Waals surface area contributed by atoms with Crippen molar-refractivity contribution < 1.29 is 9.59 Å². The highest BCUT2D eigenvalue weighted by Crippen LogP contribution is 2.26. The highest BCUT2D eigenvalue weighted by molar-refractivity contribution is 7.12. The minimum atomic E-state index is -0.166. The van der Waals surface area contributed by atoms with Crippen molar-refractivity contribution in [2.75, 3.05) is 19.6 Å². The average Bonchev–Trinajstić information content (AvgIpc) is 3.27. The van der Waals surface area contributed by atoms with E-state index in [9.17, 15) is 14.4 Å². The number of nitrogens with one attached hydrogen (secondary N) is 1. The van der Waals surface area contributed by atoms with Crippen molar-refractivity contribution in [1.82, 2.24) is 19.8 Å². The van der Waals surface area contributed by atoms with Crippen LogP contribution in [0.1, 0.15) is 59.4 Å². The summed E-state index contributed by atoms with van der Waals surface area (Å²) in [6.45, 7) is 6.03. The molecule has 1 fully saturated rings. The predicted octanol–water partition coefficient (Wildman–Crippen LogP) is 2.39. The highest BCUT2D eigenvalue weighted by atomic mass is 32.1. The van der Waals surface area contributed by atoms with Crippen LogP contribution in [-0.4, -0.2) is 51.2 Å². The Kier molecular flexibility index (Phi) is 5.54. The van der Waals surface area contributed by atoms with Crippen LogP contribution in [0.4, 0.5) is 0 Å². The van der Waals surface area contributed by atoms with E-state index in [1.807, 2.05) is 30.2 Å². The fourth-order valence-electron chi connectivity index (χ4n) is 4.13. The zero-order chi connectivity index (χ0) is 20.5. The summed E-state index contributed by atoms with van der Waals surface area (Å²) in [7, 11) is 0. The number of hydrogen-bond donors (Lipinski definition) is 1. The van der Waals surface area contributed by atoms with Gasteiger partial charge in [0.05, 0.1) is 22.7 Å². The second-order valence-corrected chi connectivity index (χ2v) is 9.06. The van der Waals surface area contributed by atoms with Gasteiger partial charge in [0.2, 0.25) is 5.91 Å². The van der Waals surface area contributed by atoms with Crippen molar-refractivity contribution >= 4 is 23.2 Å². The minimum absolute atomic E-state index is 0.0313. The van der Waals surface area contributed by atoms with Gasteiger partial charge in [-0.2, -0.15) is 0 Å². The van der Waals surface area contributed by atoms with Gasteiger partial charge in [0.1, 0.15) is 5.82 Å². The van der Waals surface area contributed by atoms with Gasteiger partial charge in [-0.3, -0.25) is 14.4 Å². The molecule has 2 aliphatic heterocycles. The van der Waals surface area contributed by atoms with E-state index in [2.05, 4.69) is 4.98 Å². The third kappa shape index (κ3) is 3.99. The predicted molar refractivity (Wildman–Crippen MR) is 111 cm³/mol. The van der Waals surface area contributed by atoms with E-state index in [0.717, 1.165) is 25.1 Å². The van der Waals surface area contributed by atoms with Crippen molar-refractivity contribution in [3.63, 3.8) is 0 Å². The standard InChI is InChI=1S/C21H26N4O3S/c1-13(2)20(27)24-8-3-5-14(11-24)18-22-16-7-9-25(12-15(16)19(26)23-18)21(28)17-6-4-10-29-17/h4,6,10,13-14H,3,5,7-9,11-12H2,1-2H3,(H,22,23,26). The largest absolute Gasteiger partial charge is 0.342 e. The maximum Gasteiger partial charge on any atom is 0.264 e. The molecule has 2 aromatic heterocycles. The number of nitrogens with zero attached hydrogens (tertiary/aromatic N) is 3. The Morgan fingerprint density at radius 3 is 2.83 bits per heavy atom. The molecule has 1 atom stereocenters. The van der Waals surface area contributed by atoms with Crippen molar-refractivity contribution in [2.45, 2.75) is 45.6 Å². The van der Waals surface area contributed by atoms with Gasteiger partial charge in [0.25, 0.3) is 11.5 Å². The number of aromatic nitrogens is 2. The summed E-state index contributed by atoms with van der Waals surface area (Å²) >= 11 is 1.41. The number of aromatic amines is 1. The first-order valence-electron chi connectivity index (χ1n) is 10.2. The molecule has 0 saturated carbocycles. The molecule has 0 radical (unpaired) electrons. The third-order valence-electron chi connectivity index (χ3n) is 5.72. The van der Waals surface area contributed by atoms with Crippen LogP contribution < -0.4 is 5.56 Å². The van der Waals surface area contributed by atoms with Crippen LogP contribution in [0.25, 0.3) is 0 Å². The summed E-state index contributed by atoms with van der Waals surface area (Å²) in [5, 5.41) is 1.88. The molecule has 29 heavy (non-hydrogen) atoms. The molecule has 4 heterocycles. The number of amides is 2. The maximum atomic E-state index is 12.8. The van der Waals surface area contributed by atoms with Crippen LogP contribution in [0.3, 0.4) is 0 Å². The summed E-state index contributed by atoms with van der Waals surface area (Å²) in [5.74, 6) is 0.807. The third-order valence-corrected chi connectivity index (χ3v) is 6.58. The van der Waals surface area contributed by atoms with Crippen LogP contribution in [-0.2, 0) is 17.8 Å². The molecule has 7 nitrogen and oxygen atoms in total. The molecule has 8 heteroatoms. The molecule has 1 N–H and O–H groups in total. The molecule has 2 aliphatic rings. The van der Waals surface area contributed by atoms with Crippen molar-refractivity contribution in [3.05, 3.63) is 49.8 Å². The van der Waals surface area contributed by atoms with E-state index in [0.29, 0.717) is 35.8 Å². The monoisotopic (exact) mass is 414 g/mol. The molecular weight excluding hydrogens is 388 g/mol. The lowest BCUT2D eigenvalue weighted by Gasteiger charge is -2.34. The van der Waals surface area contributed by atoms with E-state index >= 15 is 0 Å². The Bertz CT molecular complexity index is 967. The number of carbonyl (C=O) groups is 2. The quantitative estimate of drug-likeness (QED) is 0.836. The van der Waals surface area contributed by atoms with Crippen molar-refractivity contribution in [2.24, 2.45) is 5.92 Å². The van der Waals surface area contributed by atoms with E-state index in [1.165, 1.54) is 11.3 Å². The van der Waals surface area contributed by atoms with Crippen LogP contribution >= 0.6 is 11.3 Å². The number of piperidine rings is 1. The summed E-state index contributed by atoms with van der Waals surface area (Å²) in [6, 6.07) is 3.66. The molecule has 4 rings (SSSR count). The molecule has 0 aliphatic carbocycles. The SMILES string of the molecule is CC(C)C(=O)N1CCCC(c2nc3c(c(=O)[nH]2)CN(C(=O)c2cccs2)CC3)C1. The molecule has 1 unspecified atom stereocenters. The van der Waals surface area contributed by atoms with Gasteiger partial charge in [-0.1, -0.05) is 19.9 Å². The number of fused-ring (bicyclic) bond motifs is 1. The minimum Gasteiger partial charge on any atom is -0.342 e. The molecule has 0 bridgehead atoms. The van der Waals surface area contributed by atoms with E-state index in [4.69, 9.17) is 4.98 Å². The summed E-state index contributed by atoms with van der Waals surface area (Å²) < 4.78 is 0. The van der Waals surface area contributed by atoms with Crippen LogP contribution in [0.15, 0.2) is 22.3 Å². The van der Waals surface area contributed by atoms with Gasteiger partial charge in [-0.15, -0.1) is 11.3 Å². The lowest BCUT2D eigenvalue weighted by atomic mass is 9.95. The summed E-state index contributed by atoms with van der Waals surface area (Å²) in [5.41, 5.74) is 1.20. The maximum absolute atomic E-state index is 12.8. The number of carbonyl (C=O) groups excluding carboxylic acids is 2. The first-order chi connectivity index (χ1) is 13.9. The van der Waals surface area contributed by atoms with E-state index < -0.39 is 0 Å². The summed E-state index contributed by atoms with van der Waals surface area (Å²) in [6.07, 6.45) is 2.39. The second kappa shape index (κ2) is 8.10. The molecule has 2 aromatic rings. The Balaban J connectivity index is 1.53. The fourth-order valence-corrected chi connectivity index (χ4v) is 4.82. The highest BCUT2D eigenvalue weighted by Gasteiger charge is 2.30. The fraction of sp³-hybridized carbons (Fsp3) is 0.524. The van der Waals surface area contributed by atoms with Crippen LogP contribution in [0.2, 0.25) is 0 Å². The molecule has 2 amide bonds. The molecule has 0 spiro atoms. The first kappa shape index (κ1) is 19.8. The molecular formula is C21H26N4O3S. The van der Waals surface area contributed by atoms with Gasteiger partial charge in [-0.05, 0) is 24.3 Å². The Morgan fingerprint density at radius 1 is 1.28 bits per heavy atom. The second-order valence-electron chi connectivity index (χ2n) is 8.11. The van der Waals surface area contributed by atoms with Crippen LogP contribution in [0, 0.1) is 5.92 Å². The Hall–Kier alpha value is -2.48. The first-order valence-corrected chi connectivity index (χ1v) is 11.1. The number of H-pyrrole nitrogens is 1. The average molecular weight is 415 g/mol. The topological polar surface area (TPSA) is 86.4 Å². The van der Waals surface area contributed by atoms with Gasteiger partial charge < -0.3 is 14.8 Å². The zero-order valence-electron chi connectivity index (χ0n) is 16.8. The molecule has 154 valence electrons. The normalized spacial score (nSPS) is 19.3. The van der Waals surface area contributed by atoms with Crippen molar-refractivity contribution in [1.29, 1.82) is 0 Å². The van der Waals surface area contributed by atoms with E-state index in [-0.39, 0.29) is 35.8 Å². The smallest absolute Gasteiger partial charge is 0.264 e. The zero-order valence-corrected chi connectivity index (χ0v) is 17.6.